The van der Waals surface area contributed by atoms with Crippen LogP contribution in [0.2, 0.25) is 0 Å². The van der Waals surface area contributed by atoms with Gasteiger partial charge < -0.3 is 9.13 Å². The Bertz CT molecular complexity index is 640. The maximum Gasteiger partial charge on any atom is 0.175 e. The summed E-state index contributed by atoms with van der Waals surface area (Å²) in [6.45, 7) is 8.48. The van der Waals surface area contributed by atoms with Gasteiger partial charge in [-0.1, -0.05) is 17.8 Å². The number of carbonyl (C=O) groups excluding carboxylic acids is 1. The number of hydrogen-bond donors (Lipinski definition) is 0. The van der Waals surface area contributed by atoms with Gasteiger partial charge in [0.15, 0.2) is 10.9 Å². The van der Waals surface area contributed by atoms with E-state index >= 15 is 0 Å². The van der Waals surface area contributed by atoms with Crippen molar-refractivity contribution in [3.63, 3.8) is 0 Å². The SMILES string of the molecule is C=CCn1c(C)cc(C(=O)CSc2nccn2C)c1C. The number of aromatic nitrogens is 3. The molecule has 0 amide bonds. The van der Waals surface area contributed by atoms with Crippen LogP contribution in [0.25, 0.3) is 0 Å². The van der Waals surface area contributed by atoms with Crippen molar-refractivity contribution in [2.75, 3.05) is 5.75 Å². The van der Waals surface area contributed by atoms with Crippen molar-refractivity contribution in [1.29, 1.82) is 0 Å². The zero-order valence-corrected chi connectivity index (χ0v) is 12.9. The Balaban J connectivity index is 2.12. The molecule has 0 saturated heterocycles. The molecule has 0 atom stereocenters. The highest BCUT2D eigenvalue weighted by Gasteiger charge is 2.16. The van der Waals surface area contributed by atoms with Gasteiger partial charge in [0.2, 0.25) is 0 Å². The highest BCUT2D eigenvalue weighted by atomic mass is 32.2. The zero-order valence-electron chi connectivity index (χ0n) is 12.1. The van der Waals surface area contributed by atoms with E-state index in [0.29, 0.717) is 5.75 Å². The van der Waals surface area contributed by atoms with Gasteiger partial charge >= 0.3 is 0 Å². The quantitative estimate of drug-likeness (QED) is 0.466. The van der Waals surface area contributed by atoms with E-state index in [0.717, 1.165) is 28.7 Å². The molecule has 0 aliphatic heterocycles. The van der Waals surface area contributed by atoms with Crippen LogP contribution in [0.1, 0.15) is 21.7 Å². The molecule has 2 heterocycles. The first-order chi connectivity index (χ1) is 9.54. The topological polar surface area (TPSA) is 39.8 Å². The minimum absolute atomic E-state index is 0.140. The van der Waals surface area contributed by atoms with Gasteiger partial charge in [-0.15, -0.1) is 6.58 Å². The molecule has 0 unspecified atom stereocenters. The fourth-order valence-corrected chi connectivity index (χ4v) is 3.01. The first-order valence-corrected chi connectivity index (χ1v) is 7.44. The third-order valence-electron chi connectivity index (χ3n) is 3.30. The van der Waals surface area contributed by atoms with Crippen LogP contribution in [-0.2, 0) is 13.6 Å². The van der Waals surface area contributed by atoms with Gasteiger partial charge in [-0.25, -0.2) is 4.98 Å². The van der Waals surface area contributed by atoms with Gasteiger partial charge in [-0.05, 0) is 19.9 Å². The number of thioether (sulfide) groups is 1. The molecule has 0 aromatic carbocycles. The summed E-state index contributed by atoms with van der Waals surface area (Å²) in [7, 11) is 1.93. The van der Waals surface area contributed by atoms with Crippen LogP contribution in [0.15, 0.2) is 36.3 Å². The molecule has 0 bridgehead atoms. The van der Waals surface area contributed by atoms with Crippen molar-refractivity contribution in [2.45, 2.75) is 25.5 Å². The van der Waals surface area contributed by atoms with Gasteiger partial charge in [0.05, 0.1) is 5.75 Å². The number of nitrogens with zero attached hydrogens (tertiary/aromatic N) is 3. The fourth-order valence-electron chi connectivity index (χ4n) is 2.19. The molecular weight excluding hydrogens is 270 g/mol. The lowest BCUT2D eigenvalue weighted by atomic mass is 10.2. The maximum absolute atomic E-state index is 12.3. The number of rotatable bonds is 6. The molecule has 20 heavy (non-hydrogen) atoms. The van der Waals surface area contributed by atoms with Crippen molar-refractivity contribution in [2.24, 2.45) is 7.05 Å². The highest BCUT2D eigenvalue weighted by Crippen LogP contribution is 2.20. The van der Waals surface area contributed by atoms with E-state index in [1.54, 1.807) is 6.20 Å². The van der Waals surface area contributed by atoms with E-state index in [9.17, 15) is 4.79 Å². The highest BCUT2D eigenvalue weighted by molar-refractivity contribution is 7.99. The summed E-state index contributed by atoms with van der Waals surface area (Å²) in [4.78, 5) is 16.6. The third kappa shape index (κ3) is 2.88. The van der Waals surface area contributed by atoms with E-state index in [4.69, 9.17) is 0 Å². The standard InChI is InChI=1S/C15H19N3OS/c1-5-7-18-11(2)9-13(12(18)3)14(19)10-20-15-16-6-8-17(15)4/h5-6,8-9H,1,7,10H2,2-4H3. The summed E-state index contributed by atoms with van der Waals surface area (Å²) in [6.07, 6.45) is 5.46. The molecule has 0 saturated carbocycles. The number of ketones is 1. The van der Waals surface area contributed by atoms with Crippen LogP contribution in [0.5, 0.6) is 0 Å². The van der Waals surface area contributed by atoms with Crippen molar-refractivity contribution in [3.8, 4) is 0 Å². The number of hydrogen-bond acceptors (Lipinski definition) is 3. The molecule has 2 aromatic rings. The molecule has 0 aliphatic rings. The van der Waals surface area contributed by atoms with Crippen molar-refractivity contribution in [1.82, 2.24) is 14.1 Å². The molecule has 106 valence electrons. The second-order valence-electron chi connectivity index (χ2n) is 4.72. The molecule has 0 radical (unpaired) electrons. The summed E-state index contributed by atoms with van der Waals surface area (Å²) >= 11 is 1.47. The molecule has 0 fully saturated rings. The first kappa shape index (κ1) is 14.7. The molecule has 4 nitrogen and oxygen atoms in total. The monoisotopic (exact) mass is 289 g/mol. The Morgan fingerprint density at radius 1 is 1.50 bits per heavy atom. The zero-order chi connectivity index (χ0) is 14.7. The summed E-state index contributed by atoms with van der Waals surface area (Å²) in [5, 5.41) is 0.859. The lowest BCUT2D eigenvalue weighted by Crippen LogP contribution is -2.06. The Labute approximate surface area is 123 Å². The Kier molecular flexibility index (Phi) is 4.49. The van der Waals surface area contributed by atoms with Crippen molar-refractivity contribution >= 4 is 17.5 Å². The van der Waals surface area contributed by atoms with Gasteiger partial charge in [0.1, 0.15) is 0 Å². The molecule has 2 rings (SSSR count). The van der Waals surface area contributed by atoms with Gasteiger partial charge in [-0.2, -0.15) is 0 Å². The average molecular weight is 289 g/mol. The van der Waals surface area contributed by atoms with Gasteiger partial charge in [-0.3, -0.25) is 4.79 Å². The average Bonchev–Trinajstić information content (AvgIpc) is 2.94. The summed E-state index contributed by atoms with van der Waals surface area (Å²) in [6, 6.07) is 1.96. The molecule has 0 N–H and O–H groups in total. The lowest BCUT2D eigenvalue weighted by Gasteiger charge is -2.06. The smallest absolute Gasteiger partial charge is 0.175 e. The van der Waals surface area contributed by atoms with Crippen molar-refractivity contribution < 1.29 is 4.79 Å². The molecule has 2 aromatic heterocycles. The second kappa shape index (κ2) is 6.13. The summed E-state index contributed by atoms with van der Waals surface area (Å²) in [5.41, 5.74) is 2.90. The number of allylic oxidation sites excluding steroid dienone is 1. The van der Waals surface area contributed by atoms with Gasteiger partial charge in [0.25, 0.3) is 0 Å². The summed E-state index contributed by atoms with van der Waals surface area (Å²) in [5.74, 6) is 0.546. The van der Waals surface area contributed by atoms with Crippen molar-refractivity contribution in [3.05, 3.63) is 48.1 Å². The number of aryl methyl sites for hydroxylation is 2. The van der Waals surface area contributed by atoms with Crippen LogP contribution in [0.3, 0.4) is 0 Å². The molecule has 5 heteroatoms. The van der Waals surface area contributed by atoms with E-state index in [1.807, 2.05) is 43.8 Å². The van der Waals surface area contributed by atoms with Crippen LogP contribution < -0.4 is 0 Å². The first-order valence-electron chi connectivity index (χ1n) is 6.45. The predicted molar refractivity (Wildman–Crippen MR) is 82.4 cm³/mol. The third-order valence-corrected chi connectivity index (χ3v) is 4.35. The predicted octanol–water partition coefficient (Wildman–Crippen LogP) is 3.00. The van der Waals surface area contributed by atoms with Gasteiger partial charge in [0, 0.05) is 42.9 Å². The fraction of sp³-hybridized carbons (Fsp3) is 0.333. The second-order valence-corrected chi connectivity index (χ2v) is 5.66. The van der Waals surface area contributed by atoms with E-state index < -0.39 is 0 Å². The Morgan fingerprint density at radius 2 is 2.25 bits per heavy atom. The normalized spacial score (nSPS) is 10.8. The maximum atomic E-state index is 12.3. The Hall–Kier alpha value is -1.75. The van der Waals surface area contributed by atoms with Crippen LogP contribution in [0, 0.1) is 13.8 Å². The molecule has 0 spiro atoms. The van der Waals surface area contributed by atoms with Crippen LogP contribution in [-0.4, -0.2) is 25.7 Å². The van der Waals surface area contributed by atoms with Crippen LogP contribution >= 0.6 is 11.8 Å². The Morgan fingerprint density at radius 3 is 2.85 bits per heavy atom. The number of imidazole rings is 1. The minimum Gasteiger partial charge on any atom is -0.345 e. The summed E-state index contributed by atoms with van der Waals surface area (Å²) < 4.78 is 4.02. The molecule has 0 aliphatic carbocycles. The largest absolute Gasteiger partial charge is 0.345 e. The molecular formula is C15H19N3OS. The number of Topliss-reactive ketones (excluding diaryl/α,β-unsaturated/α-hetero) is 1. The van der Waals surface area contributed by atoms with E-state index in [2.05, 4.69) is 16.1 Å². The minimum atomic E-state index is 0.140. The van der Waals surface area contributed by atoms with E-state index in [1.165, 1.54) is 11.8 Å². The lowest BCUT2D eigenvalue weighted by molar-refractivity contribution is 0.102. The van der Waals surface area contributed by atoms with Crippen LogP contribution in [0.4, 0.5) is 0 Å². The number of carbonyl (C=O) groups is 1. The van der Waals surface area contributed by atoms with E-state index in [-0.39, 0.29) is 5.78 Å².